The summed E-state index contributed by atoms with van der Waals surface area (Å²) in [5, 5.41) is 0. The highest BCUT2D eigenvalue weighted by atomic mass is 15.1. The Labute approximate surface area is 76.1 Å². The summed E-state index contributed by atoms with van der Waals surface area (Å²) in [6.45, 7) is 8.21. The molecule has 0 amide bonds. The van der Waals surface area contributed by atoms with Crippen molar-refractivity contribution in [2.45, 2.75) is 39.2 Å². The fourth-order valence-corrected chi connectivity index (χ4v) is 1.88. The molecule has 72 valence electrons. The van der Waals surface area contributed by atoms with Crippen LogP contribution in [0, 0.1) is 5.92 Å². The van der Waals surface area contributed by atoms with Crippen LogP contribution in [-0.4, -0.2) is 30.6 Å². The Bertz CT molecular complexity index is 123. The van der Waals surface area contributed by atoms with Gasteiger partial charge in [-0.2, -0.15) is 0 Å². The van der Waals surface area contributed by atoms with Gasteiger partial charge in [0.15, 0.2) is 0 Å². The summed E-state index contributed by atoms with van der Waals surface area (Å²) < 4.78 is 0. The Morgan fingerprint density at radius 2 is 2.33 bits per heavy atom. The van der Waals surface area contributed by atoms with Gasteiger partial charge in [-0.15, -0.1) is 0 Å². The van der Waals surface area contributed by atoms with Gasteiger partial charge in [-0.05, 0) is 45.2 Å². The minimum Gasteiger partial charge on any atom is -0.328 e. The van der Waals surface area contributed by atoms with E-state index in [1.165, 1.54) is 32.5 Å². The highest BCUT2D eigenvalue weighted by molar-refractivity contribution is 4.70. The maximum Gasteiger partial charge on any atom is 0.00226 e. The molecule has 1 saturated heterocycles. The molecule has 0 radical (unpaired) electrons. The molecule has 0 unspecified atom stereocenters. The first-order valence-corrected chi connectivity index (χ1v) is 5.16. The van der Waals surface area contributed by atoms with Gasteiger partial charge in [0.2, 0.25) is 0 Å². The third kappa shape index (κ3) is 3.55. The number of nitrogens with two attached hydrogens (primary N) is 1. The van der Waals surface area contributed by atoms with E-state index in [0.29, 0.717) is 6.04 Å². The van der Waals surface area contributed by atoms with Crippen LogP contribution in [0.4, 0.5) is 0 Å². The molecule has 2 nitrogen and oxygen atoms in total. The van der Waals surface area contributed by atoms with Gasteiger partial charge in [0.1, 0.15) is 0 Å². The van der Waals surface area contributed by atoms with Crippen LogP contribution in [0.15, 0.2) is 0 Å². The molecule has 1 heterocycles. The van der Waals surface area contributed by atoms with E-state index in [9.17, 15) is 0 Å². The molecule has 2 atom stereocenters. The van der Waals surface area contributed by atoms with E-state index in [2.05, 4.69) is 18.7 Å². The number of piperidine rings is 1. The number of hydrogen-bond donors (Lipinski definition) is 1. The number of rotatable bonds is 3. The summed E-state index contributed by atoms with van der Waals surface area (Å²) >= 11 is 0. The van der Waals surface area contributed by atoms with Crippen LogP contribution in [0.3, 0.4) is 0 Å². The number of likely N-dealkylation sites (tertiary alicyclic amines) is 1. The van der Waals surface area contributed by atoms with Crippen molar-refractivity contribution < 1.29 is 0 Å². The lowest BCUT2D eigenvalue weighted by Crippen LogP contribution is -2.36. The maximum atomic E-state index is 5.72. The highest BCUT2D eigenvalue weighted by Gasteiger charge is 2.15. The zero-order valence-corrected chi connectivity index (χ0v) is 8.42. The standard InChI is InChI=1S/C10H22N2/c1-9-4-3-6-12(8-9)7-5-10(2)11/h9-10H,3-8,11H2,1-2H3/t9-,10+/m1/s1. The Hall–Kier alpha value is -0.0800. The minimum absolute atomic E-state index is 0.363. The van der Waals surface area contributed by atoms with Crippen molar-refractivity contribution in [1.82, 2.24) is 4.90 Å². The first kappa shape index (κ1) is 10.0. The molecule has 0 aromatic rings. The van der Waals surface area contributed by atoms with Gasteiger partial charge in [0.25, 0.3) is 0 Å². The average molecular weight is 170 g/mol. The second kappa shape index (κ2) is 4.83. The van der Waals surface area contributed by atoms with Crippen LogP contribution in [0.2, 0.25) is 0 Å². The van der Waals surface area contributed by atoms with Crippen molar-refractivity contribution >= 4 is 0 Å². The SMILES string of the molecule is C[C@@H]1CCCN(CC[C@H](C)N)C1. The van der Waals surface area contributed by atoms with Crippen LogP contribution in [0.5, 0.6) is 0 Å². The summed E-state index contributed by atoms with van der Waals surface area (Å²) in [7, 11) is 0. The lowest BCUT2D eigenvalue weighted by Gasteiger charge is -2.31. The summed E-state index contributed by atoms with van der Waals surface area (Å²) in [4.78, 5) is 2.55. The fourth-order valence-electron chi connectivity index (χ4n) is 1.88. The van der Waals surface area contributed by atoms with Gasteiger partial charge in [-0.3, -0.25) is 0 Å². The van der Waals surface area contributed by atoms with Crippen molar-refractivity contribution in [2.75, 3.05) is 19.6 Å². The van der Waals surface area contributed by atoms with Gasteiger partial charge in [0, 0.05) is 12.6 Å². The molecule has 0 spiro atoms. The van der Waals surface area contributed by atoms with E-state index in [1.54, 1.807) is 0 Å². The predicted molar refractivity (Wildman–Crippen MR) is 53.1 cm³/mol. The molecule has 12 heavy (non-hydrogen) atoms. The molecule has 1 fully saturated rings. The smallest absolute Gasteiger partial charge is 0.00226 e. The van der Waals surface area contributed by atoms with E-state index in [4.69, 9.17) is 5.73 Å². The Morgan fingerprint density at radius 3 is 2.92 bits per heavy atom. The normalized spacial score (nSPS) is 28.8. The number of nitrogens with zero attached hydrogens (tertiary/aromatic N) is 1. The average Bonchev–Trinajstić information content (AvgIpc) is 2.01. The third-order valence-electron chi connectivity index (χ3n) is 2.64. The first-order chi connectivity index (χ1) is 5.68. The molecule has 0 aromatic heterocycles. The number of hydrogen-bond acceptors (Lipinski definition) is 2. The molecule has 1 aliphatic heterocycles. The molecule has 1 rings (SSSR count). The summed E-state index contributed by atoms with van der Waals surface area (Å²) in [6.07, 6.45) is 3.93. The third-order valence-corrected chi connectivity index (χ3v) is 2.64. The van der Waals surface area contributed by atoms with Gasteiger partial charge in [-0.25, -0.2) is 0 Å². The second-order valence-corrected chi connectivity index (χ2v) is 4.31. The molecular weight excluding hydrogens is 148 g/mol. The van der Waals surface area contributed by atoms with Gasteiger partial charge in [0.05, 0.1) is 0 Å². The Kier molecular flexibility index (Phi) is 4.02. The minimum atomic E-state index is 0.363. The molecule has 0 saturated carbocycles. The van der Waals surface area contributed by atoms with Crippen LogP contribution in [-0.2, 0) is 0 Å². The summed E-state index contributed by atoms with van der Waals surface area (Å²) in [5.74, 6) is 0.895. The molecular formula is C10H22N2. The summed E-state index contributed by atoms with van der Waals surface area (Å²) in [5.41, 5.74) is 5.72. The molecule has 1 aliphatic rings. The van der Waals surface area contributed by atoms with Crippen LogP contribution in [0.1, 0.15) is 33.1 Å². The van der Waals surface area contributed by atoms with E-state index in [0.717, 1.165) is 12.3 Å². The predicted octanol–water partition coefficient (Wildman–Crippen LogP) is 1.46. The monoisotopic (exact) mass is 170 g/mol. The molecule has 0 aromatic carbocycles. The van der Waals surface area contributed by atoms with Crippen LogP contribution < -0.4 is 5.73 Å². The first-order valence-electron chi connectivity index (χ1n) is 5.16. The lowest BCUT2D eigenvalue weighted by atomic mass is 10.00. The van der Waals surface area contributed by atoms with Crippen molar-refractivity contribution in [2.24, 2.45) is 11.7 Å². The van der Waals surface area contributed by atoms with E-state index >= 15 is 0 Å². The van der Waals surface area contributed by atoms with Crippen LogP contribution in [0.25, 0.3) is 0 Å². The van der Waals surface area contributed by atoms with Crippen molar-refractivity contribution in [3.8, 4) is 0 Å². The Balaban J connectivity index is 2.14. The van der Waals surface area contributed by atoms with Crippen molar-refractivity contribution in [1.29, 1.82) is 0 Å². The van der Waals surface area contributed by atoms with Gasteiger partial charge in [-0.1, -0.05) is 6.92 Å². The Morgan fingerprint density at radius 1 is 1.58 bits per heavy atom. The highest BCUT2D eigenvalue weighted by Crippen LogP contribution is 2.15. The van der Waals surface area contributed by atoms with E-state index < -0.39 is 0 Å². The van der Waals surface area contributed by atoms with Crippen molar-refractivity contribution in [3.05, 3.63) is 0 Å². The molecule has 0 bridgehead atoms. The van der Waals surface area contributed by atoms with Gasteiger partial charge < -0.3 is 10.6 Å². The summed E-state index contributed by atoms with van der Waals surface area (Å²) in [6, 6.07) is 0.363. The maximum absolute atomic E-state index is 5.72. The van der Waals surface area contributed by atoms with E-state index in [1.807, 2.05) is 0 Å². The topological polar surface area (TPSA) is 29.3 Å². The fraction of sp³-hybridized carbons (Fsp3) is 1.00. The second-order valence-electron chi connectivity index (χ2n) is 4.31. The zero-order chi connectivity index (χ0) is 8.97. The van der Waals surface area contributed by atoms with E-state index in [-0.39, 0.29) is 0 Å². The van der Waals surface area contributed by atoms with Crippen LogP contribution >= 0.6 is 0 Å². The van der Waals surface area contributed by atoms with Gasteiger partial charge >= 0.3 is 0 Å². The zero-order valence-electron chi connectivity index (χ0n) is 8.42. The molecule has 2 N–H and O–H groups in total. The molecule has 0 aliphatic carbocycles. The lowest BCUT2D eigenvalue weighted by molar-refractivity contribution is 0.179. The quantitative estimate of drug-likeness (QED) is 0.694. The van der Waals surface area contributed by atoms with Crippen molar-refractivity contribution in [3.63, 3.8) is 0 Å². The largest absolute Gasteiger partial charge is 0.328 e. The molecule has 2 heteroatoms.